The van der Waals surface area contributed by atoms with E-state index in [-0.39, 0.29) is 17.7 Å². The molecule has 1 aliphatic rings. The summed E-state index contributed by atoms with van der Waals surface area (Å²) < 4.78 is 0. The van der Waals surface area contributed by atoms with Crippen LogP contribution in [-0.2, 0) is 6.42 Å². The molecule has 6 rings (SSSR count). The van der Waals surface area contributed by atoms with Crippen LogP contribution >= 0.6 is 0 Å². The molecular formula is C38H36N2O2. The molecule has 2 unspecified atom stereocenters. The first kappa shape index (κ1) is 27.6. The summed E-state index contributed by atoms with van der Waals surface area (Å²) in [5, 5.41) is 0.969. The number of aryl methyl sites for hydroxylation is 1. The van der Waals surface area contributed by atoms with Crippen LogP contribution in [0.5, 0.6) is 0 Å². The number of amides is 1. The lowest BCUT2D eigenvalue weighted by molar-refractivity contribution is 0.0500. The maximum absolute atomic E-state index is 14.3. The number of carbonyl (C=O) groups excluding carboxylic acids is 2. The first-order valence-electron chi connectivity index (χ1n) is 15.0. The van der Waals surface area contributed by atoms with Gasteiger partial charge < -0.3 is 4.90 Å². The SMILES string of the molecule is O=C(CCC1CCC(CCc2ccccc2)CN1C(=O)c1ccccc1-c1ccccc1)c1cccc2cccnc12. The molecule has 42 heavy (non-hydrogen) atoms. The van der Waals surface area contributed by atoms with Gasteiger partial charge in [0.25, 0.3) is 5.91 Å². The molecule has 1 amide bonds. The number of Topliss-reactive ketones (excluding diaryl/α,β-unsaturated/α-hetero) is 1. The van der Waals surface area contributed by atoms with Crippen LogP contribution in [0.3, 0.4) is 0 Å². The Morgan fingerprint density at radius 3 is 2.26 bits per heavy atom. The first-order chi connectivity index (χ1) is 20.7. The van der Waals surface area contributed by atoms with Crippen molar-refractivity contribution in [2.45, 2.75) is 44.6 Å². The van der Waals surface area contributed by atoms with Gasteiger partial charge in [-0.15, -0.1) is 0 Å². The molecule has 1 aliphatic heterocycles. The summed E-state index contributed by atoms with van der Waals surface area (Å²) in [5.41, 5.74) is 5.46. The lowest BCUT2D eigenvalue weighted by atomic mass is 9.85. The van der Waals surface area contributed by atoms with Crippen molar-refractivity contribution in [3.63, 3.8) is 0 Å². The molecule has 1 fully saturated rings. The van der Waals surface area contributed by atoms with Crippen molar-refractivity contribution < 1.29 is 9.59 Å². The van der Waals surface area contributed by atoms with Crippen LogP contribution in [0.1, 0.15) is 58.4 Å². The van der Waals surface area contributed by atoms with Gasteiger partial charge in [0.05, 0.1) is 5.52 Å². The molecular weight excluding hydrogens is 516 g/mol. The van der Waals surface area contributed by atoms with Gasteiger partial charge in [0.15, 0.2) is 5.78 Å². The molecule has 0 bridgehead atoms. The Morgan fingerprint density at radius 2 is 1.43 bits per heavy atom. The molecule has 0 aliphatic carbocycles. The topological polar surface area (TPSA) is 50.3 Å². The number of pyridine rings is 1. The van der Waals surface area contributed by atoms with Crippen molar-refractivity contribution in [1.82, 2.24) is 9.88 Å². The van der Waals surface area contributed by atoms with E-state index in [1.807, 2.05) is 72.8 Å². The molecule has 4 aromatic carbocycles. The zero-order chi connectivity index (χ0) is 28.7. The molecule has 4 heteroatoms. The Labute approximate surface area is 248 Å². The van der Waals surface area contributed by atoms with Gasteiger partial charge in [-0.25, -0.2) is 0 Å². The van der Waals surface area contributed by atoms with Crippen molar-refractivity contribution in [3.8, 4) is 11.1 Å². The van der Waals surface area contributed by atoms with Crippen LogP contribution < -0.4 is 0 Å². The highest BCUT2D eigenvalue weighted by molar-refractivity contribution is 6.06. The minimum absolute atomic E-state index is 0.0150. The molecule has 0 saturated carbocycles. The van der Waals surface area contributed by atoms with Crippen LogP contribution in [0.4, 0.5) is 0 Å². The van der Waals surface area contributed by atoms with Gasteiger partial charge in [-0.3, -0.25) is 14.6 Å². The highest BCUT2D eigenvalue weighted by atomic mass is 16.2. The Hall–Kier alpha value is -4.57. The lowest BCUT2D eigenvalue weighted by Gasteiger charge is -2.40. The molecule has 0 spiro atoms. The van der Waals surface area contributed by atoms with Crippen molar-refractivity contribution in [1.29, 1.82) is 0 Å². The van der Waals surface area contributed by atoms with Gasteiger partial charge in [-0.2, -0.15) is 0 Å². The molecule has 4 nitrogen and oxygen atoms in total. The Kier molecular flexibility index (Phi) is 8.51. The summed E-state index contributed by atoms with van der Waals surface area (Å²) in [5.74, 6) is 0.568. The van der Waals surface area contributed by atoms with Crippen LogP contribution in [0.15, 0.2) is 121 Å². The molecule has 5 aromatic rings. The number of nitrogens with zero attached hydrogens (tertiary/aromatic N) is 2. The van der Waals surface area contributed by atoms with Crippen molar-refractivity contribution >= 4 is 22.6 Å². The zero-order valence-corrected chi connectivity index (χ0v) is 23.9. The van der Waals surface area contributed by atoms with E-state index in [2.05, 4.69) is 52.3 Å². The van der Waals surface area contributed by atoms with E-state index < -0.39 is 0 Å². The van der Waals surface area contributed by atoms with E-state index in [1.54, 1.807) is 6.20 Å². The normalized spacial score (nSPS) is 16.8. The number of hydrogen-bond acceptors (Lipinski definition) is 3. The molecule has 210 valence electrons. The fourth-order valence-corrected chi connectivity index (χ4v) is 6.36. The average molecular weight is 553 g/mol. The minimum atomic E-state index is 0.0150. The maximum Gasteiger partial charge on any atom is 0.254 e. The number of benzene rings is 4. The summed E-state index contributed by atoms with van der Waals surface area (Å²) in [4.78, 5) is 34.4. The van der Waals surface area contributed by atoms with Crippen LogP contribution in [-0.4, -0.2) is 34.2 Å². The van der Waals surface area contributed by atoms with E-state index in [4.69, 9.17) is 0 Å². The third-order valence-corrected chi connectivity index (χ3v) is 8.63. The molecule has 1 saturated heterocycles. The second-order valence-corrected chi connectivity index (χ2v) is 11.3. The molecule has 2 atom stereocenters. The van der Waals surface area contributed by atoms with Gasteiger partial charge >= 0.3 is 0 Å². The fraction of sp³-hybridized carbons (Fsp3) is 0.237. The van der Waals surface area contributed by atoms with Crippen molar-refractivity contribution in [2.24, 2.45) is 5.92 Å². The number of aromatic nitrogens is 1. The predicted octanol–water partition coefficient (Wildman–Crippen LogP) is 8.42. The number of para-hydroxylation sites is 1. The minimum Gasteiger partial charge on any atom is -0.335 e. The number of rotatable bonds is 9. The number of piperidine rings is 1. The number of likely N-dealkylation sites (tertiary alicyclic amines) is 1. The summed E-state index contributed by atoms with van der Waals surface area (Å²) in [7, 11) is 0. The number of hydrogen-bond donors (Lipinski definition) is 0. The van der Waals surface area contributed by atoms with Gasteiger partial charge in [-0.1, -0.05) is 97.1 Å². The Morgan fingerprint density at radius 1 is 0.714 bits per heavy atom. The monoisotopic (exact) mass is 552 g/mol. The van der Waals surface area contributed by atoms with Gasteiger partial charge in [0.1, 0.15) is 0 Å². The number of fused-ring (bicyclic) bond motifs is 1. The molecule has 1 aromatic heterocycles. The summed E-state index contributed by atoms with van der Waals surface area (Å²) >= 11 is 0. The quantitative estimate of drug-likeness (QED) is 0.173. The van der Waals surface area contributed by atoms with Crippen LogP contribution in [0.2, 0.25) is 0 Å². The first-order valence-corrected chi connectivity index (χ1v) is 15.0. The highest BCUT2D eigenvalue weighted by Crippen LogP contribution is 2.32. The second-order valence-electron chi connectivity index (χ2n) is 11.3. The van der Waals surface area contributed by atoms with E-state index in [9.17, 15) is 9.59 Å². The highest BCUT2D eigenvalue weighted by Gasteiger charge is 2.33. The van der Waals surface area contributed by atoms with E-state index in [0.717, 1.165) is 53.3 Å². The maximum atomic E-state index is 14.3. The van der Waals surface area contributed by atoms with E-state index in [1.165, 1.54) is 5.56 Å². The average Bonchev–Trinajstić information content (AvgIpc) is 3.06. The third-order valence-electron chi connectivity index (χ3n) is 8.63. The Bertz CT molecular complexity index is 1660. The van der Waals surface area contributed by atoms with E-state index >= 15 is 0 Å². The number of carbonyl (C=O) groups is 2. The third kappa shape index (κ3) is 6.18. The largest absolute Gasteiger partial charge is 0.335 e. The summed E-state index contributed by atoms with van der Waals surface area (Å²) in [6, 6.07) is 38.3. The molecule has 2 heterocycles. The zero-order valence-electron chi connectivity index (χ0n) is 23.9. The molecule has 0 N–H and O–H groups in total. The fourth-order valence-electron chi connectivity index (χ4n) is 6.36. The summed E-state index contributed by atoms with van der Waals surface area (Å²) in [6.07, 6.45) is 6.78. The Balaban J connectivity index is 1.24. The van der Waals surface area contributed by atoms with Gasteiger partial charge in [0.2, 0.25) is 0 Å². The predicted molar refractivity (Wildman–Crippen MR) is 169 cm³/mol. The lowest BCUT2D eigenvalue weighted by Crippen LogP contribution is -2.47. The summed E-state index contributed by atoms with van der Waals surface area (Å²) in [6.45, 7) is 0.712. The second kappa shape index (κ2) is 12.9. The number of ketones is 1. The van der Waals surface area contributed by atoms with Crippen molar-refractivity contribution in [3.05, 3.63) is 138 Å². The van der Waals surface area contributed by atoms with Gasteiger partial charge in [0, 0.05) is 41.7 Å². The smallest absolute Gasteiger partial charge is 0.254 e. The van der Waals surface area contributed by atoms with Gasteiger partial charge in [-0.05, 0) is 72.9 Å². The molecule has 0 radical (unpaired) electrons. The van der Waals surface area contributed by atoms with Crippen molar-refractivity contribution in [2.75, 3.05) is 6.54 Å². The van der Waals surface area contributed by atoms with Crippen LogP contribution in [0.25, 0.3) is 22.0 Å². The van der Waals surface area contributed by atoms with Crippen LogP contribution in [0, 0.1) is 5.92 Å². The van der Waals surface area contributed by atoms with E-state index in [0.29, 0.717) is 30.9 Å². The standard InChI is InChI=1S/C38H36N2O2/c41-36(35-19-9-15-31-16-10-26-39-37(31)35)25-24-32-23-22-29(21-20-28-11-3-1-4-12-28)27-40(32)38(42)34-18-8-7-17-33(34)30-13-5-2-6-14-30/h1-19,26,29,32H,20-25,27H2.